The minimum Gasteiger partial charge on any atom is -0.481 e. The number of aromatic nitrogens is 3. The summed E-state index contributed by atoms with van der Waals surface area (Å²) in [7, 11) is 1.53. The molecule has 9 nitrogen and oxygen atoms in total. The molecule has 0 saturated carbocycles. The molecule has 2 atom stereocenters. The molecule has 4 N–H and O–H groups in total. The summed E-state index contributed by atoms with van der Waals surface area (Å²) in [6, 6.07) is 9.94. The average Bonchev–Trinajstić information content (AvgIpc) is 2.83. The highest BCUT2D eigenvalue weighted by Gasteiger charge is 2.31. The molecule has 2 aromatic heterocycles. The number of aliphatic hydroxyl groups is 2. The van der Waals surface area contributed by atoms with Crippen molar-refractivity contribution in [1.82, 2.24) is 15.0 Å². The third kappa shape index (κ3) is 4.97. The number of oxime groups is 1. The van der Waals surface area contributed by atoms with E-state index in [1.807, 2.05) is 6.92 Å². The number of nitrogens with two attached hydrogens (primary N) is 1. The van der Waals surface area contributed by atoms with Crippen LogP contribution in [-0.2, 0) is 11.3 Å². The minimum atomic E-state index is -1.05. The second-order valence-corrected chi connectivity index (χ2v) is 8.06. The number of ether oxygens (including phenoxy) is 1. The fraction of sp³-hybridized carbons (Fsp3) is 0.333. The predicted octanol–water partition coefficient (Wildman–Crippen LogP) is 2.38. The Kier molecular flexibility index (Phi) is 6.99. The van der Waals surface area contributed by atoms with Crippen molar-refractivity contribution in [3.8, 4) is 17.1 Å². The lowest BCUT2D eigenvalue weighted by atomic mass is 9.79. The van der Waals surface area contributed by atoms with Crippen molar-refractivity contribution >= 4 is 11.7 Å². The second-order valence-electron chi connectivity index (χ2n) is 8.06. The van der Waals surface area contributed by atoms with Crippen LogP contribution < -0.4 is 10.5 Å². The highest BCUT2D eigenvalue weighted by atomic mass is 19.1. The van der Waals surface area contributed by atoms with Crippen LogP contribution in [0.1, 0.15) is 34.9 Å². The zero-order valence-corrected chi connectivity index (χ0v) is 18.9. The molecule has 0 spiro atoms. The van der Waals surface area contributed by atoms with Gasteiger partial charge in [-0.25, -0.2) is 19.3 Å². The third-order valence-corrected chi connectivity index (χ3v) is 5.67. The lowest BCUT2D eigenvalue weighted by Crippen LogP contribution is -2.25. The van der Waals surface area contributed by atoms with E-state index in [0.29, 0.717) is 47.1 Å². The highest BCUT2D eigenvalue weighted by Crippen LogP contribution is 2.38. The Morgan fingerprint density at radius 3 is 2.79 bits per heavy atom. The van der Waals surface area contributed by atoms with E-state index in [-0.39, 0.29) is 24.3 Å². The number of aliphatic hydroxyl groups excluding tert-OH is 2. The van der Waals surface area contributed by atoms with Crippen LogP contribution in [0.15, 0.2) is 41.6 Å². The van der Waals surface area contributed by atoms with E-state index in [1.165, 1.54) is 19.2 Å². The molecule has 4 rings (SSSR count). The summed E-state index contributed by atoms with van der Waals surface area (Å²) in [5, 5.41) is 22.9. The maximum absolute atomic E-state index is 14.3. The number of nitrogens with zero attached hydrogens (tertiary/aromatic N) is 4. The van der Waals surface area contributed by atoms with E-state index in [1.54, 1.807) is 24.3 Å². The molecule has 0 radical (unpaired) electrons. The maximum atomic E-state index is 14.3. The van der Waals surface area contributed by atoms with Gasteiger partial charge in [-0.1, -0.05) is 17.3 Å². The molecule has 0 fully saturated rings. The average molecular weight is 468 g/mol. The van der Waals surface area contributed by atoms with Gasteiger partial charge in [0, 0.05) is 23.6 Å². The van der Waals surface area contributed by atoms with Crippen LogP contribution >= 0.6 is 0 Å². The van der Waals surface area contributed by atoms with Crippen LogP contribution in [0.4, 0.5) is 10.3 Å². The zero-order chi connectivity index (χ0) is 24.2. The third-order valence-electron chi connectivity index (χ3n) is 5.67. The van der Waals surface area contributed by atoms with Crippen LogP contribution in [0.25, 0.3) is 11.3 Å². The van der Waals surface area contributed by atoms with Gasteiger partial charge in [-0.15, -0.1) is 0 Å². The fourth-order valence-electron chi connectivity index (χ4n) is 4.16. The minimum absolute atomic E-state index is 0.130. The van der Waals surface area contributed by atoms with Crippen molar-refractivity contribution in [2.45, 2.75) is 31.8 Å². The molecule has 2 heterocycles. The molecule has 34 heavy (non-hydrogen) atoms. The molecule has 0 aliphatic heterocycles. The summed E-state index contributed by atoms with van der Waals surface area (Å²) in [6.45, 7) is 1.22. The van der Waals surface area contributed by atoms with Crippen LogP contribution in [0.2, 0.25) is 0 Å². The van der Waals surface area contributed by atoms with Gasteiger partial charge in [0.2, 0.25) is 11.8 Å². The van der Waals surface area contributed by atoms with Crippen LogP contribution in [0, 0.1) is 12.7 Å². The number of pyridine rings is 1. The Labute approximate surface area is 196 Å². The normalized spacial score (nSPS) is 17.3. The summed E-state index contributed by atoms with van der Waals surface area (Å²) in [4.78, 5) is 18.5. The summed E-state index contributed by atoms with van der Waals surface area (Å²) < 4.78 is 19.5. The molecule has 0 amide bonds. The molecule has 178 valence electrons. The van der Waals surface area contributed by atoms with Crippen LogP contribution in [0.3, 0.4) is 0 Å². The smallest absolute Gasteiger partial charge is 0.220 e. The molecule has 1 aromatic carbocycles. The Hall–Kier alpha value is -3.63. The van der Waals surface area contributed by atoms with Crippen molar-refractivity contribution in [2.24, 2.45) is 5.16 Å². The Balaban J connectivity index is 1.77. The van der Waals surface area contributed by atoms with Crippen molar-refractivity contribution in [1.29, 1.82) is 0 Å². The van der Waals surface area contributed by atoms with Crippen molar-refractivity contribution in [3.05, 3.63) is 64.7 Å². The SMILES string of the molecule is COc1cccc(-c2cc(F)ccc2[C@@H]2CC(=NOC[C@@H](O)CO)c3c(C)nc(N)nc3C2)n1. The Morgan fingerprint density at radius 1 is 1.21 bits per heavy atom. The highest BCUT2D eigenvalue weighted by molar-refractivity contribution is 6.03. The number of benzene rings is 1. The van der Waals surface area contributed by atoms with Gasteiger partial charge in [0.15, 0.2) is 0 Å². The lowest BCUT2D eigenvalue weighted by Gasteiger charge is -2.28. The number of methoxy groups -OCH3 is 1. The fourth-order valence-corrected chi connectivity index (χ4v) is 4.16. The maximum Gasteiger partial charge on any atom is 0.220 e. The summed E-state index contributed by atoms with van der Waals surface area (Å²) in [5.41, 5.74) is 10.7. The first-order valence-electron chi connectivity index (χ1n) is 10.8. The number of fused-ring (bicyclic) bond motifs is 1. The molecule has 0 bridgehead atoms. The summed E-state index contributed by atoms with van der Waals surface area (Å²) in [6.07, 6.45) is -0.0577. The number of rotatable bonds is 7. The van der Waals surface area contributed by atoms with Gasteiger partial charge >= 0.3 is 0 Å². The number of hydrogen-bond acceptors (Lipinski definition) is 9. The molecular formula is C24H26FN5O4. The zero-order valence-electron chi connectivity index (χ0n) is 18.9. The van der Waals surface area contributed by atoms with E-state index in [9.17, 15) is 9.50 Å². The Bertz CT molecular complexity index is 1220. The first-order valence-corrected chi connectivity index (χ1v) is 10.8. The van der Waals surface area contributed by atoms with Crippen molar-refractivity contribution < 1.29 is 24.2 Å². The van der Waals surface area contributed by atoms with Crippen LogP contribution in [-0.4, -0.2) is 57.3 Å². The summed E-state index contributed by atoms with van der Waals surface area (Å²) in [5.74, 6) is 0.0738. The Morgan fingerprint density at radius 2 is 2.03 bits per heavy atom. The monoisotopic (exact) mass is 467 g/mol. The molecule has 3 aromatic rings. The van der Waals surface area contributed by atoms with Gasteiger partial charge in [0.1, 0.15) is 18.5 Å². The predicted molar refractivity (Wildman–Crippen MR) is 124 cm³/mol. The number of aryl methyl sites for hydroxylation is 1. The van der Waals surface area contributed by atoms with E-state index in [2.05, 4.69) is 20.1 Å². The van der Waals surface area contributed by atoms with E-state index in [4.69, 9.17) is 20.4 Å². The van der Waals surface area contributed by atoms with Gasteiger partial charge in [-0.05, 0) is 43.0 Å². The number of nitrogen functional groups attached to an aromatic ring is 1. The molecule has 1 aliphatic rings. The first kappa shape index (κ1) is 23.5. The molecule has 10 heteroatoms. The largest absolute Gasteiger partial charge is 0.481 e. The van der Waals surface area contributed by atoms with Crippen LogP contribution in [0.5, 0.6) is 5.88 Å². The van der Waals surface area contributed by atoms with E-state index >= 15 is 0 Å². The lowest BCUT2D eigenvalue weighted by molar-refractivity contribution is 0.00812. The van der Waals surface area contributed by atoms with Gasteiger partial charge in [-0.3, -0.25) is 0 Å². The number of hydrogen-bond donors (Lipinski definition) is 3. The van der Waals surface area contributed by atoms with Gasteiger partial charge in [0.25, 0.3) is 0 Å². The van der Waals surface area contributed by atoms with E-state index in [0.717, 1.165) is 11.1 Å². The van der Waals surface area contributed by atoms with Crippen molar-refractivity contribution in [3.63, 3.8) is 0 Å². The quantitative estimate of drug-likeness (QED) is 0.451. The number of halogens is 1. The molecular weight excluding hydrogens is 441 g/mol. The molecule has 0 saturated heterocycles. The van der Waals surface area contributed by atoms with Gasteiger partial charge < -0.3 is 25.5 Å². The summed E-state index contributed by atoms with van der Waals surface area (Å²) >= 11 is 0. The molecule has 1 aliphatic carbocycles. The van der Waals surface area contributed by atoms with E-state index < -0.39 is 12.7 Å². The van der Waals surface area contributed by atoms with Crippen molar-refractivity contribution in [2.75, 3.05) is 26.1 Å². The van der Waals surface area contributed by atoms with Gasteiger partial charge in [-0.2, -0.15) is 0 Å². The standard InChI is InChI=1S/C24H26FN5O4/c1-13-23-20(29-24(26)27-13)8-14(9-21(23)30-34-12-16(32)11-31)17-7-6-15(25)10-18(17)19-4-3-5-22(28-19)33-2/h3-7,10,14,16,31-32H,8-9,11-12H2,1-2H3,(H2,26,27,29)/t14-,16-/m0/s1. The van der Waals surface area contributed by atoms with Gasteiger partial charge in [0.05, 0.1) is 36.5 Å². The second kappa shape index (κ2) is 10.1. The molecule has 0 unspecified atom stereocenters. The number of anilines is 1. The first-order chi connectivity index (χ1) is 16.4. The topological polar surface area (TPSA) is 136 Å².